The number of carbonyl (C=O) groups excluding carboxylic acids is 2. The average molecular weight is 518 g/mol. The van der Waals surface area contributed by atoms with Gasteiger partial charge in [-0.05, 0) is 66.0 Å². The van der Waals surface area contributed by atoms with Gasteiger partial charge in [-0.2, -0.15) is 0 Å². The minimum atomic E-state index is -0.432. The molecule has 2 aliphatic carbocycles. The first-order valence-electron chi connectivity index (χ1n) is 13.4. The van der Waals surface area contributed by atoms with Crippen molar-refractivity contribution in [3.8, 4) is 11.5 Å². The highest BCUT2D eigenvalue weighted by Crippen LogP contribution is 2.51. The Kier molecular flexibility index (Phi) is 6.70. The standard InChI is InChI=1S/C32H36FNO4/c1-6-37-27-13-20(9-12-26(27)38-18-19-7-10-21(33)11-8-19)28-29-22(14-31(2,3)16-24(29)35)34-23-15-32(4,5)17-25(36)30(23)28/h7-13,28,34H,6,14-18H2,1-5H3. The van der Waals surface area contributed by atoms with Crippen LogP contribution >= 0.6 is 0 Å². The molecule has 2 aromatic carbocycles. The molecule has 0 amide bonds. The molecular formula is C32H36FNO4. The van der Waals surface area contributed by atoms with Crippen LogP contribution in [0.1, 0.15) is 77.3 Å². The lowest BCUT2D eigenvalue weighted by Gasteiger charge is -2.44. The third-order valence-electron chi connectivity index (χ3n) is 7.63. The van der Waals surface area contributed by atoms with Gasteiger partial charge in [0.25, 0.3) is 0 Å². The minimum absolute atomic E-state index is 0.0903. The number of rotatable bonds is 6. The summed E-state index contributed by atoms with van der Waals surface area (Å²) in [4.78, 5) is 27.2. The predicted molar refractivity (Wildman–Crippen MR) is 144 cm³/mol. The molecule has 0 atom stereocenters. The number of carbonyl (C=O) groups is 2. The molecule has 6 heteroatoms. The normalized spacial score (nSPS) is 20.6. The molecule has 0 radical (unpaired) electrons. The van der Waals surface area contributed by atoms with Crippen LogP contribution in [-0.2, 0) is 16.2 Å². The summed E-state index contributed by atoms with van der Waals surface area (Å²) in [5, 5.41) is 3.56. The first-order chi connectivity index (χ1) is 18.0. The lowest BCUT2D eigenvalue weighted by Crippen LogP contribution is -2.42. The van der Waals surface area contributed by atoms with Gasteiger partial charge < -0.3 is 14.8 Å². The predicted octanol–water partition coefficient (Wildman–Crippen LogP) is 6.78. The number of nitrogens with one attached hydrogen (secondary N) is 1. The van der Waals surface area contributed by atoms with Crippen molar-refractivity contribution in [2.24, 2.45) is 10.8 Å². The molecule has 0 bridgehead atoms. The molecule has 5 rings (SSSR count). The summed E-state index contributed by atoms with van der Waals surface area (Å²) in [5.41, 5.74) is 4.70. The van der Waals surface area contributed by atoms with Crippen LogP contribution in [0, 0.1) is 16.6 Å². The molecule has 1 heterocycles. The fraction of sp³-hybridized carbons (Fsp3) is 0.438. The van der Waals surface area contributed by atoms with Crippen LogP contribution in [0.4, 0.5) is 4.39 Å². The van der Waals surface area contributed by atoms with E-state index in [1.165, 1.54) is 12.1 Å². The maximum atomic E-state index is 13.6. The lowest BCUT2D eigenvalue weighted by atomic mass is 9.64. The summed E-state index contributed by atoms with van der Waals surface area (Å²) in [7, 11) is 0. The van der Waals surface area contributed by atoms with Crippen molar-refractivity contribution in [1.29, 1.82) is 0 Å². The van der Waals surface area contributed by atoms with Crippen LogP contribution in [0.15, 0.2) is 65.0 Å². The molecule has 3 aliphatic rings. The van der Waals surface area contributed by atoms with Gasteiger partial charge in [0.15, 0.2) is 23.1 Å². The Balaban J connectivity index is 1.56. The van der Waals surface area contributed by atoms with E-state index in [9.17, 15) is 14.0 Å². The number of hydrogen-bond donors (Lipinski definition) is 1. The van der Waals surface area contributed by atoms with Crippen LogP contribution in [0.3, 0.4) is 0 Å². The molecule has 1 aliphatic heterocycles. The quantitative estimate of drug-likeness (QED) is 0.458. The molecule has 0 saturated carbocycles. The number of allylic oxidation sites excluding steroid dienone is 4. The van der Waals surface area contributed by atoms with Gasteiger partial charge in [-0.3, -0.25) is 9.59 Å². The van der Waals surface area contributed by atoms with Crippen molar-refractivity contribution in [1.82, 2.24) is 5.32 Å². The highest BCUT2D eigenvalue weighted by Gasteiger charge is 2.46. The van der Waals surface area contributed by atoms with E-state index in [-0.39, 0.29) is 34.8 Å². The molecule has 38 heavy (non-hydrogen) atoms. The Morgan fingerprint density at radius 2 is 1.39 bits per heavy atom. The molecule has 2 aromatic rings. The molecule has 0 unspecified atom stereocenters. The molecule has 5 nitrogen and oxygen atoms in total. The largest absolute Gasteiger partial charge is 0.490 e. The maximum Gasteiger partial charge on any atom is 0.162 e. The van der Waals surface area contributed by atoms with E-state index in [0.717, 1.165) is 35.4 Å². The second kappa shape index (κ2) is 9.72. The van der Waals surface area contributed by atoms with Crippen LogP contribution in [0.25, 0.3) is 0 Å². The Bertz CT molecular complexity index is 1300. The fourth-order valence-electron chi connectivity index (χ4n) is 6.06. The van der Waals surface area contributed by atoms with Crippen LogP contribution in [0.5, 0.6) is 11.5 Å². The molecule has 0 aromatic heterocycles. The molecule has 0 fully saturated rings. The Morgan fingerprint density at radius 1 is 0.816 bits per heavy atom. The van der Waals surface area contributed by atoms with Crippen molar-refractivity contribution in [3.63, 3.8) is 0 Å². The van der Waals surface area contributed by atoms with Crippen LogP contribution in [0.2, 0.25) is 0 Å². The fourth-order valence-corrected chi connectivity index (χ4v) is 6.06. The number of halogens is 1. The number of hydrogen-bond acceptors (Lipinski definition) is 5. The average Bonchev–Trinajstić information content (AvgIpc) is 2.81. The highest BCUT2D eigenvalue weighted by atomic mass is 19.1. The topological polar surface area (TPSA) is 64.6 Å². The third kappa shape index (κ3) is 5.13. The molecule has 0 spiro atoms. The number of ketones is 2. The van der Waals surface area contributed by atoms with Crippen molar-refractivity contribution in [2.75, 3.05) is 6.61 Å². The second-order valence-electron chi connectivity index (χ2n) is 12.3. The minimum Gasteiger partial charge on any atom is -0.490 e. The van der Waals surface area contributed by atoms with Gasteiger partial charge in [0.05, 0.1) is 6.61 Å². The summed E-state index contributed by atoms with van der Waals surface area (Å²) >= 11 is 0. The van der Waals surface area contributed by atoms with Crippen molar-refractivity contribution in [3.05, 3.63) is 81.9 Å². The van der Waals surface area contributed by atoms with Crippen LogP contribution in [-0.4, -0.2) is 18.2 Å². The zero-order valence-electron chi connectivity index (χ0n) is 22.9. The van der Waals surface area contributed by atoms with E-state index < -0.39 is 5.92 Å². The van der Waals surface area contributed by atoms with E-state index >= 15 is 0 Å². The first kappa shape index (κ1) is 26.2. The van der Waals surface area contributed by atoms with Gasteiger partial charge in [0.2, 0.25) is 0 Å². The molecule has 1 N–H and O–H groups in total. The van der Waals surface area contributed by atoms with Crippen LogP contribution < -0.4 is 14.8 Å². The van der Waals surface area contributed by atoms with Crippen molar-refractivity contribution < 1.29 is 23.5 Å². The maximum absolute atomic E-state index is 13.6. The highest BCUT2D eigenvalue weighted by molar-refractivity contribution is 6.06. The van der Waals surface area contributed by atoms with E-state index in [2.05, 4.69) is 33.0 Å². The van der Waals surface area contributed by atoms with Gasteiger partial charge in [-0.25, -0.2) is 4.39 Å². The summed E-state index contributed by atoms with van der Waals surface area (Å²) in [6.45, 7) is 11.1. The van der Waals surface area contributed by atoms with E-state index in [4.69, 9.17) is 9.47 Å². The first-order valence-corrected chi connectivity index (χ1v) is 13.4. The summed E-state index contributed by atoms with van der Waals surface area (Å²) in [5.74, 6) is 0.573. The molecular weight excluding hydrogens is 481 g/mol. The summed E-state index contributed by atoms with van der Waals surface area (Å²) in [6, 6.07) is 11.9. The lowest BCUT2D eigenvalue weighted by molar-refractivity contribution is -0.119. The van der Waals surface area contributed by atoms with Gasteiger partial charge in [-0.15, -0.1) is 0 Å². The number of Topliss-reactive ketones (excluding diaryl/α,β-unsaturated/α-hetero) is 2. The Labute approximate surface area is 224 Å². The van der Waals surface area contributed by atoms with Gasteiger partial charge >= 0.3 is 0 Å². The number of dihydropyridines is 1. The Hall–Kier alpha value is -3.41. The molecule has 0 saturated heterocycles. The van der Waals surface area contributed by atoms with E-state index in [0.29, 0.717) is 42.1 Å². The van der Waals surface area contributed by atoms with Crippen molar-refractivity contribution >= 4 is 11.6 Å². The monoisotopic (exact) mass is 517 g/mol. The summed E-state index contributed by atoms with van der Waals surface area (Å²) in [6.07, 6.45) is 2.41. The number of benzene rings is 2. The van der Waals surface area contributed by atoms with E-state index in [1.54, 1.807) is 12.1 Å². The van der Waals surface area contributed by atoms with Gasteiger partial charge in [0, 0.05) is 41.3 Å². The van der Waals surface area contributed by atoms with E-state index in [1.807, 2.05) is 25.1 Å². The molecule has 200 valence electrons. The third-order valence-corrected chi connectivity index (χ3v) is 7.63. The zero-order chi connectivity index (χ0) is 27.2. The second-order valence-corrected chi connectivity index (χ2v) is 12.3. The Morgan fingerprint density at radius 3 is 1.95 bits per heavy atom. The SMILES string of the molecule is CCOc1cc(C2C3=C(CC(C)(C)CC3=O)NC3=C2C(=O)CC(C)(C)C3)ccc1OCc1ccc(F)cc1. The zero-order valence-corrected chi connectivity index (χ0v) is 22.9. The van der Waals surface area contributed by atoms with Gasteiger partial charge in [-0.1, -0.05) is 45.9 Å². The van der Waals surface area contributed by atoms with Gasteiger partial charge in [0.1, 0.15) is 12.4 Å². The van der Waals surface area contributed by atoms with Crippen molar-refractivity contribution in [2.45, 2.75) is 72.8 Å². The summed E-state index contributed by atoms with van der Waals surface area (Å²) < 4.78 is 25.3. The smallest absolute Gasteiger partial charge is 0.162 e. The number of ether oxygens (including phenoxy) is 2.